The van der Waals surface area contributed by atoms with Gasteiger partial charge in [0.1, 0.15) is 11.3 Å². The topological polar surface area (TPSA) is 71.3 Å². The molecule has 1 aromatic carbocycles. The first-order valence-corrected chi connectivity index (χ1v) is 6.15. The first-order chi connectivity index (χ1) is 9.19. The van der Waals surface area contributed by atoms with E-state index in [0.29, 0.717) is 37.4 Å². The summed E-state index contributed by atoms with van der Waals surface area (Å²) in [6, 6.07) is 9.07. The van der Waals surface area contributed by atoms with Gasteiger partial charge in [0.25, 0.3) is 5.91 Å². The van der Waals surface area contributed by atoms with Crippen molar-refractivity contribution in [1.82, 2.24) is 5.32 Å². The summed E-state index contributed by atoms with van der Waals surface area (Å²) >= 11 is 0. The molecule has 0 atom stereocenters. The van der Waals surface area contributed by atoms with Crippen LogP contribution in [0.4, 0.5) is 0 Å². The lowest BCUT2D eigenvalue weighted by atomic mass is 9.91. The Morgan fingerprint density at radius 3 is 2.84 bits per heavy atom. The fourth-order valence-electron chi connectivity index (χ4n) is 2.04. The van der Waals surface area contributed by atoms with E-state index in [1.165, 1.54) is 0 Å². The molecule has 0 bridgehead atoms. The molecule has 5 heteroatoms. The minimum Gasteiger partial charge on any atom is -0.497 e. The molecule has 1 N–H and O–H groups in total. The Balaban J connectivity index is 2.13. The van der Waals surface area contributed by atoms with E-state index in [2.05, 4.69) is 11.4 Å². The number of carbonyl (C=O) groups is 1. The predicted octanol–water partition coefficient (Wildman–Crippen LogP) is 1.50. The van der Waals surface area contributed by atoms with Crippen LogP contribution in [0.15, 0.2) is 24.3 Å². The molecule has 1 saturated heterocycles. The SMILES string of the molecule is COc1cccc(C(=O)NC2(C#N)CCOCC2)c1. The number of carbonyl (C=O) groups excluding carboxylic acids is 1. The molecule has 0 aromatic heterocycles. The Hall–Kier alpha value is -2.06. The Morgan fingerprint density at radius 1 is 1.47 bits per heavy atom. The number of methoxy groups -OCH3 is 1. The molecular weight excluding hydrogens is 244 g/mol. The average Bonchev–Trinajstić information content (AvgIpc) is 2.48. The van der Waals surface area contributed by atoms with Crippen molar-refractivity contribution in [2.45, 2.75) is 18.4 Å². The number of rotatable bonds is 3. The molecule has 100 valence electrons. The Bertz CT molecular complexity index is 502. The summed E-state index contributed by atoms with van der Waals surface area (Å²) in [6.45, 7) is 0.984. The van der Waals surface area contributed by atoms with E-state index in [0.717, 1.165) is 0 Å². The molecule has 2 rings (SSSR count). The van der Waals surface area contributed by atoms with Gasteiger partial charge in [0.05, 0.1) is 13.2 Å². The van der Waals surface area contributed by atoms with Crippen molar-refractivity contribution >= 4 is 5.91 Å². The summed E-state index contributed by atoms with van der Waals surface area (Å²) in [5, 5.41) is 12.1. The number of nitrogens with one attached hydrogen (secondary N) is 1. The third-order valence-electron chi connectivity index (χ3n) is 3.25. The zero-order valence-electron chi connectivity index (χ0n) is 10.8. The smallest absolute Gasteiger partial charge is 0.252 e. The molecule has 1 aliphatic heterocycles. The van der Waals surface area contributed by atoms with Gasteiger partial charge >= 0.3 is 0 Å². The quantitative estimate of drug-likeness (QED) is 0.894. The van der Waals surface area contributed by atoms with Crippen molar-refractivity contribution in [3.63, 3.8) is 0 Å². The number of amides is 1. The van der Waals surface area contributed by atoms with Crippen molar-refractivity contribution in [3.05, 3.63) is 29.8 Å². The second-order valence-corrected chi connectivity index (χ2v) is 4.49. The van der Waals surface area contributed by atoms with Crippen LogP contribution in [0, 0.1) is 11.3 Å². The highest BCUT2D eigenvalue weighted by Gasteiger charge is 2.34. The van der Waals surface area contributed by atoms with Crippen LogP contribution in [0.1, 0.15) is 23.2 Å². The van der Waals surface area contributed by atoms with Crippen molar-refractivity contribution in [2.75, 3.05) is 20.3 Å². The highest BCUT2D eigenvalue weighted by atomic mass is 16.5. The zero-order valence-corrected chi connectivity index (χ0v) is 10.8. The molecule has 0 saturated carbocycles. The van der Waals surface area contributed by atoms with E-state index in [1.54, 1.807) is 31.4 Å². The molecule has 1 heterocycles. The van der Waals surface area contributed by atoms with Gasteiger partial charge in [-0.2, -0.15) is 5.26 Å². The van der Waals surface area contributed by atoms with Crippen molar-refractivity contribution in [3.8, 4) is 11.8 Å². The second kappa shape index (κ2) is 5.72. The van der Waals surface area contributed by atoms with Crippen LogP contribution in [-0.4, -0.2) is 31.8 Å². The van der Waals surface area contributed by atoms with Crippen LogP contribution < -0.4 is 10.1 Å². The van der Waals surface area contributed by atoms with Gasteiger partial charge in [0, 0.05) is 31.6 Å². The highest BCUT2D eigenvalue weighted by molar-refractivity contribution is 5.95. The minimum atomic E-state index is -0.821. The monoisotopic (exact) mass is 260 g/mol. The molecule has 1 amide bonds. The van der Waals surface area contributed by atoms with Crippen molar-refractivity contribution in [1.29, 1.82) is 5.26 Å². The third kappa shape index (κ3) is 3.04. The molecule has 0 spiro atoms. The molecule has 0 radical (unpaired) electrons. The van der Waals surface area contributed by atoms with E-state index < -0.39 is 5.54 Å². The summed E-state index contributed by atoms with van der Waals surface area (Å²) in [5.74, 6) is 0.355. The molecular formula is C14H16N2O3. The van der Waals surface area contributed by atoms with E-state index in [9.17, 15) is 10.1 Å². The van der Waals surface area contributed by atoms with Gasteiger partial charge in [-0.15, -0.1) is 0 Å². The summed E-state index contributed by atoms with van der Waals surface area (Å²) in [6.07, 6.45) is 1.03. The van der Waals surface area contributed by atoms with Gasteiger partial charge in [-0.05, 0) is 18.2 Å². The molecule has 5 nitrogen and oxygen atoms in total. The Kier molecular flexibility index (Phi) is 4.03. The van der Waals surface area contributed by atoms with Gasteiger partial charge in [0.15, 0.2) is 0 Å². The Labute approximate surface area is 112 Å². The third-order valence-corrected chi connectivity index (χ3v) is 3.25. The van der Waals surface area contributed by atoms with Crippen LogP contribution in [0.3, 0.4) is 0 Å². The Morgan fingerprint density at radius 2 is 2.21 bits per heavy atom. The van der Waals surface area contributed by atoms with Crippen LogP contribution in [0.2, 0.25) is 0 Å². The average molecular weight is 260 g/mol. The normalized spacial score (nSPS) is 17.3. The summed E-state index contributed by atoms with van der Waals surface area (Å²) in [4.78, 5) is 12.2. The lowest BCUT2D eigenvalue weighted by Gasteiger charge is -2.31. The van der Waals surface area contributed by atoms with E-state index in [-0.39, 0.29) is 5.91 Å². The van der Waals surface area contributed by atoms with Crippen molar-refractivity contribution in [2.24, 2.45) is 0 Å². The number of ether oxygens (including phenoxy) is 2. The molecule has 1 fully saturated rings. The lowest BCUT2D eigenvalue weighted by molar-refractivity contribution is 0.0531. The van der Waals surface area contributed by atoms with Gasteiger partial charge < -0.3 is 14.8 Å². The maximum absolute atomic E-state index is 12.2. The fraction of sp³-hybridized carbons (Fsp3) is 0.429. The van der Waals surface area contributed by atoms with Crippen LogP contribution >= 0.6 is 0 Å². The molecule has 0 aliphatic carbocycles. The number of hydrogen-bond donors (Lipinski definition) is 1. The minimum absolute atomic E-state index is 0.262. The fourth-order valence-corrected chi connectivity index (χ4v) is 2.04. The first-order valence-electron chi connectivity index (χ1n) is 6.15. The van der Waals surface area contributed by atoms with E-state index in [4.69, 9.17) is 9.47 Å². The van der Waals surface area contributed by atoms with Gasteiger partial charge in [0.2, 0.25) is 0 Å². The summed E-state index contributed by atoms with van der Waals surface area (Å²) in [5.41, 5.74) is -0.334. The zero-order chi connectivity index (χ0) is 13.7. The maximum Gasteiger partial charge on any atom is 0.252 e. The first kappa shape index (κ1) is 13.4. The van der Waals surface area contributed by atoms with E-state index in [1.807, 2.05) is 0 Å². The predicted molar refractivity (Wildman–Crippen MR) is 68.9 cm³/mol. The number of hydrogen-bond acceptors (Lipinski definition) is 4. The molecule has 19 heavy (non-hydrogen) atoms. The van der Waals surface area contributed by atoms with Crippen LogP contribution in [0.25, 0.3) is 0 Å². The maximum atomic E-state index is 12.2. The van der Waals surface area contributed by atoms with Crippen molar-refractivity contribution < 1.29 is 14.3 Å². The van der Waals surface area contributed by atoms with Crippen LogP contribution in [-0.2, 0) is 4.74 Å². The standard InChI is InChI=1S/C14H16N2O3/c1-18-12-4-2-3-11(9-12)13(17)16-14(10-15)5-7-19-8-6-14/h2-4,9H,5-8H2,1H3,(H,16,17). The second-order valence-electron chi connectivity index (χ2n) is 4.49. The highest BCUT2D eigenvalue weighted by Crippen LogP contribution is 2.21. The molecule has 0 unspecified atom stereocenters. The summed E-state index contributed by atoms with van der Waals surface area (Å²) in [7, 11) is 1.55. The molecule has 1 aliphatic rings. The van der Waals surface area contributed by atoms with Gasteiger partial charge in [-0.25, -0.2) is 0 Å². The largest absolute Gasteiger partial charge is 0.497 e. The van der Waals surface area contributed by atoms with Crippen LogP contribution in [0.5, 0.6) is 5.75 Å². The summed E-state index contributed by atoms with van der Waals surface area (Å²) < 4.78 is 10.3. The number of nitrogens with zero attached hydrogens (tertiary/aromatic N) is 1. The molecule has 1 aromatic rings. The number of nitriles is 1. The van der Waals surface area contributed by atoms with E-state index >= 15 is 0 Å². The van der Waals surface area contributed by atoms with Gasteiger partial charge in [-0.3, -0.25) is 4.79 Å². The lowest BCUT2D eigenvalue weighted by Crippen LogP contribution is -2.50. The van der Waals surface area contributed by atoms with Gasteiger partial charge in [-0.1, -0.05) is 6.07 Å². The number of benzene rings is 1.